The Hall–Kier alpha value is -2.33. The van der Waals surface area contributed by atoms with Gasteiger partial charge in [-0.1, -0.05) is 60.9 Å². The van der Waals surface area contributed by atoms with E-state index < -0.39 is 0 Å². The first-order chi connectivity index (χ1) is 15.1. The number of benzene rings is 2. The molecule has 1 amide bonds. The molecule has 0 radical (unpaired) electrons. The number of rotatable bonds is 7. The highest BCUT2D eigenvalue weighted by atomic mass is 16.5. The molecule has 0 unspecified atom stereocenters. The number of piperidine rings is 1. The van der Waals surface area contributed by atoms with Crippen LogP contribution in [0.15, 0.2) is 48.5 Å². The summed E-state index contributed by atoms with van der Waals surface area (Å²) in [6.07, 6.45) is 7.98. The van der Waals surface area contributed by atoms with Crippen molar-refractivity contribution in [2.75, 3.05) is 20.2 Å². The average molecular weight is 421 g/mol. The van der Waals surface area contributed by atoms with Gasteiger partial charge in [0.1, 0.15) is 5.75 Å². The first kappa shape index (κ1) is 21.9. The maximum atomic E-state index is 13.5. The van der Waals surface area contributed by atoms with E-state index in [1.165, 1.54) is 36.8 Å². The number of methoxy groups -OCH3 is 1. The van der Waals surface area contributed by atoms with Crippen LogP contribution in [0.3, 0.4) is 0 Å². The van der Waals surface area contributed by atoms with Crippen molar-refractivity contribution in [1.82, 2.24) is 9.80 Å². The summed E-state index contributed by atoms with van der Waals surface area (Å²) in [5.41, 5.74) is 3.42. The van der Waals surface area contributed by atoms with Crippen molar-refractivity contribution in [3.8, 4) is 5.75 Å². The SMILES string of the molecule is COc1ccccc1CC(=O)N(Cc1ccc(C)cc1)C1CCN(C2CCCC2)CC1. The van der Waals surface area contributed by atoms with E-state index in [0.717, 1.165) is 43.3 Å². The lowest BCUT2D eigenvalue weighted by Crippen LogP contribution is -2.49. The smallest absolute Gasteiger partial charge is 0.227 e. The second kappa shape index (κ2) is 10.3. The zero-order valence-electron chi connectivity index (χ0n) is 19.1. The average Bonchev–Trinajstić information content (AvgIpc) is 3.34. The molecule has 31 heavy (non-hydrogen) atoms. The molecule has 1 heterocycles. The Morgan fingerprint density at radius 3 is 2.35 bits per heavy atom. The lowest BCUT2D eigenvalue weighted by Gasteiger charge is -2.41. The Morgan fingerprint density at radius 2 is 1.68 bits per heavy atom. The van der Waals surface area contributed by atoms with Crippen LogP contribution in [0.1, 0.15) is 55.2 Å². The van der Waals surface area contributed by atoms with Crippen molar-refractivity contribution in [1.29, 1.82) is 0 Å². The van der Waals surface area contributed by atoms with E-state index in [0.29, 0.717) is 19.0 Å². The molecular formula is C27H36N2O2. The minimum Gasteiger partial charge on any atom is -0.496 e. The second-order valence-electron chi connectivity index (χ2n) is 9.20. The molecule has 4 rings (SSSR count). The molecule has 0 aromatic heterocycles. The molecule has 4 nitrogen and oxygen atoms in total. The van der Waals surface area contributed by atoms with E-state index in [9.17, 15) is 4.79 Å². The Bertz CT molecular complexity index is 850. The molecule has 0 atom stereocenters. The maximum Gasteiger partial charge on any atom is 0.227 e. The van der Waals surface area contributed by atoms with Crippen molar-refractivity contribution in [2.24, 2.45) is 0 Å². The van der Waals surface area contributed by atoms with Gasteiger partial charge in [-0.25, -0.2) is 0 Å². The molecule has 1 aliphatic heterocycles. The zero-order valence-corrected chi connectivity index (χ0v) is 19.1. The number of aryl methyl sites for hydroxylation is 1. The fourth-order valence-electron chi connectivity index (χ4n) is 5.26. The van der Waals surface area contributed by atoms with Gasteiger partial charge in [0.15, 0.2) is 0 Å². The van der Waals surface area contributed by atoms with Gasteiger partial charge in [-0.2, -0.15) is 0 Å². The molecule has 2 aromatic rings. The van der Waals surface area contributed by atoms with Gasteiger partial charge in [0.05, 0.1) is 13.5 Å². The molecule has 1 aliphatic carbocycles. The Kier molecular flexibility index (Phi) is 7.29. The summed E-state index contributed by atoms with van der Waals surface area (Å²) < 4.78 is 5.50. The fourth-order valence-corrected chi connectivity index (χ4v) is 5.26. The van der Waals surface area contributed by atoms with E-state index in [2.05, 4.69) is 41.0 Å². The molecular weight excluding hydrogens is 384 g/mol. The summed E-state index contributed by atoms with van der Waals surface area (Å²) in [4.78, 5) is 18.4. The number of para-hydroxylation sites is 1. The van der Waals surface area contributed by atoms with Crippen molar-refractivity contribution < 1.29 is 9.53 Å². The van der Waals surface area contributed by atoms with Crippen LogP contribution in [-0.2, 0) is 17.8 Å². The van der Waals surface area contributed by atoms with E-state index in [4.69, 9.17) is 4.74 Å². The van der Waals surface area contributed by atoms with Crippen LogP contribution in [0.25, 0.3) is 0 Å². The highest BCUT2D eigenvalue weighted by Gasteiger charge is 2.31. The standard InChI is InChI=1S/C27H36N2O2/c1-21-11-13-22(14-12-21)20-29(27(30)19-23-7-3-6-10-26(23)31-2)25-15-17-28(18-16-25)24-8-4-5-9-24/h3,6-7,10-14,24-25H,4-5,8-9,15-20H2,1-2H3. The number of amides is 1. The molecule has 2 fully saturated rings. The number of hydrogen-bond donors (Lipinski definition) is 0. The summed E-state index contributed by atoms with van der Waals surface area (Å²) >= 11 is 0. The normalized spacial score (nSPS) is 18.3. The molecule has 166 valence electrons. The molecule has 1 saturated carbocycles. The molecule has 0 spiro atoms. The van der Waals surface area contributed by atoms with Crippen LogP contribution < -0.4 is 4.74 Å². The van der Waals surface area contributed by atoms with E-state index in [-0.39, 0.29) is 5.91 Å². The van der Waals surface area contributed by atoms with Crippen LogP contribution >= 0.6 is 0 Å². The molecule has 0 bridgehead atoms. The van der Waals surface area contributed by atoms with Gasteiger partial charge in [0.2, 0.25) is 5.91 Å². The predicted octanol–water partition coefficient (Wildman–Crippen LogP) is 4.98. The van der Waals surface area contributed by atoms with Gasteiger partial charge in [-0.3, -0.25) is 4.79 Å². The van der Waals surface area contributed by atoms with Gasteiger partial charge in [0, 0.05) is 37.3 Å². The molecule has 0 N–H and O–H groups in total. The van der Waals surface area contributed by atoms with Gasteiger partial charge >= 0.3 is 0 Å². The second-order valence-corrected chi connectivity index (χ2v) is 9.20. The summed E-state index contributed by atoms with van der Waals surface area (Å²) in [6, 6.07) is 17.6. The summed E-state index contributed by atoms with van der Waals surface area (Å²) in [6.45, 7) is 5.01. The van der Waals surface area contributed by atoms with Crippen molar-refractivity contribution in [3.05, 3.63) is 65.2 Å². The van der Waals surface area contributed by atoms with Crippen LogP contribution in [0.4, 0.5) is 0 Å². The van der Waals surface area contributed by atoms with Crippen LogP contribution in [-0.4, -0.2) is 48.0 Å². The van der Waals surface area contributed by atoms with E-state index >= 15 is 0 Å². The van der Waals surface area contributed by atoms with Crippen molar-refractivity contribution in [3.63, 3.8) is 0 Å². The Morgan fingerprint density at radius 1 is 1.00 bits per heavy atom. The van der Waals surface area contributed by atoms with Crippen LogP contribution in [0, 0.1) is 6.92 Å². The maximum absolute atomic E-state index is 13.5. The number of nitrogens with zero attached hydrogens (tertiary/aromatic N) is 2. The third-order valence-electron chi connectivity index (χ3n) is 7.11. The van der Waals surface area contributed by atoms with Gasteiger partial charge in [-0.15, -0.1) is 0 Å². The zero-order chi connectivity index (χ0) is 21.6. The topological polar surface area (TPSA) is 32.8 Å². The van der Waals surface area contributed by atoms with Crippen molar-refractivity contribution in [2.45, 2.75) is 70.5 Å². The summed E-state index contributed by atoms with van der Waals surface area (Å²) in [5, 5.41) is 0. The molecule has 2 aromatic carbocycles. The molecule has 1 saturated heterocycles. The Labute approximate surface area is 187 Å². The summed E-state index contributed by atoms with van der Waals surface area (Å²) in [5.74, 6) is 0.992. The van der Waals surface area contributed by atoms with E-state index in [1.54, 1.807) is 7.11 Å². The first-order valence-electron chi connectivity index (χ1n) is 11.8. The monoisotopic (exact) mass is 420 g/mol. The number of hydrogen-bond acceptors (Lipinski definition) is 3. The van der Waals surface area contributed by atoms with Crippen molar-refractivity contribution >= 4 is 5.91 Å². The lowest BCUT2D eigenvalue weighted by atomic mass is 9.98. The van der Waals surface area contributed by atoms with E-state index in [1.807, 2.05) is 24.3 Å². The van der Waals surface area contributed by atoms with Crippen LogP contribution in [0.2, 0.25) is 0 Å². The number of ether oxygens (including phenoxy) is 1. The van der Waals surface area contributed by atoms with Crippen LogP contribution in [0.5, 0.6) is 5.75 Å². The highest BCUT2D eigenvalue weighted by molar-refractivity contribution is 5.80. The van der Waals surface area contributed by atoms with Gasteiger partial charge in [0.25, 0.3) is 0 Å². The summed E-state index contributed by atoms with van der Waals surface area (Å²) in [7, 11) is 1.67. The minimum absolute atomic E-state index is 0.199. The molecule has 4 heteroatoms. The predicted molar refractivity (Wildman–Crippen MR) is 125 cm³/mol. The minimum atomic E-state index is 0.199. The highest BCUT2D eigenvalue weighted by Crippen LogP contribution is 2.29. The van der Waals surface area contributed by atoms with Gasteiger partial charge < -0.3 is 14.5 Å². The van der Waals surface area contributed by atoms with Gasteiger partial charge in [-0.05, 0) is 44.2 Å². The third kappa shape index (κ3) is 5.48. The number of likely N-dealkylation sites (tertiary alicyclic amines) is 1. The first-order valence-corrected chi connectivity index (χ1v) is 11.8. The third-order valence-corrected chi connectivity index (χ3v) is 7.11. The Balaban J connectivity index is 1.48. The number of carbonyl (C=O) groups is 1. The lowest BCUT2D eigenvalue weighted by molar-refractivity contribution is -0.134. The quantitative estimate of drug-likeness (QED) is 0.633. The fraction of sp³-hybridized carbons (Fsp3) is 0.519. The molecule has 2 aliphatic rings. The largest absolute Gasteiger partial charge is 0.496 e. The number of carbonyl (C=O) groups excluding carboxylic acids is 1.